The Hall–Kier alpha value is -2.94. The van der Waals surface area contributed by atoms with Gasteiger partial charge in [-0.15, -0.1) is 10.2 Å². The van der Waals surface area contributed by atoms with Crippen molar-refractivity contribution in [3.63, 3.8) is 0 Å². The van der Waals surface area contributed by atoms with Crippen molar-refractivity contribution in [2.45, 2.75) is 56.3 Å². The largest absolute Gasteiger partial charge is 0.486 e. The van der Waals surface area contributed by atoms with E-state index in [0.29, 0.717) is 25.0 Å². The number of carbonyl (C=O) groups excluding carboxylic acids is 1. The van der Waals surface area contributed by atoms with Gasteiger partial charge < -0.3 is 19.2 Å². The predicted molar refractivity (Wildman–Crippen MR) is 125 cm³/mol. The number of hydrogen-bond acceptors (Lipinski definition) is 7. The molecule has 2 aromatic heterocycles. The Balaban J connectivity index is 1.26. The van der Waals surface area contributed by atoms with E-state index in [9.17, 15) is 4.79 Å². The minimum atomic E-state index is -0.149. The quantitative estimate of drug-likeness (QED) is 0.499. The molecule has 1 fully saturated rings. The number of aromatic nitrogens is 3. The third-order valence-corrected chi connectivity index (χ3v) is 7.07. The van der Waals surface area contributed by atoms with Crippen LogP contribution >= 0.6 is 11.8 Å². The average Bonchev–Trinajstić information content (AvgIpc) is 3.53. The summed E-state index contributed by atoms with van der Waals surface area (Å²) in [5.74, 6) is 3.11. The summed E-state index contributed by atoms with van der Waals surface area (Å²) in [6, 6.07) is 9.72. The topological polar surface area (TPSA) is 91.4 Å². The molecule has 0 saturated heterocycles. The van der Waals surface area contributed by atoms with Crippen molar-refractivity contribution < 1.29 is 18.7 Å². The molecule has 0 spiro atoms. The van der Waals surface area contributed by atoms with Crippen LogP contribution in [0, 0.1) is 0 Å². The van der Waals surface area contributed by atoms with E-state index in [0.717, 1.165) is 40.9 Å². The van der Waals surface area contributed by atoms with Crippen molar-refractivity contribution in [3.05, 3.63) is 42.2 Å². The van der Waals surface area contributed by atoms with Crippen LogP contribution in [0.5, 0.6) is 11.5 Å². The maximum absolute atomic E-state index is 12.7. The van der Waals surface area contributed by atoms with Gasteiger partial charge in [0.1, 0.15) is 13.2 Å². The summed E-state index contributed by atoms with van der Waals surface area (Å²) in [6.45, 7) is 3.06. The minimum Gasteiger partial charge on any atom is -0.486 e. The van der Waals surface area contributed by atoms with Crippen LogP contribution in [0.25, 0.3) is 11.6 Å². The number of amides is 1. The number of furan rings is 1. The Morgan fingerprint density at radius 2 is 1.97 bits per heavy atom. The number of hydrogen-bond donors (Lipinski definition) is 1. The van der Waals surface area contributed by atoms with Crippen molar-refractivity contribution >= 4 is 17.7 Å². The van der Waals surface area contributed by atoms with Crippen molar-refractivity contribution in [2.24, 2.45) is 0 Å². The molecule has 1 aliphatic carbocycles. The molecule has 174 valence electrons. The number of ether oxygens (including phenoxy) is 2. The van der Waals surface area contributed by atoms with E-state index in [4.69, 9.17) is 13.9 Å². The SMILES string of the molecule is CC(NC(=O)CSc1nnc(-c2ccco2)n1C1CCCCC1)c1ccc2c(c1)OCCO2. The normalized spacial score (nSPS) is 17.0. The van der Waals surface area contributed by atoms with Gasteiger partial charge >= 0.3 is 0 Å². The van der Waals surface area contributed by atoms with Gasteiger partial charge in [-0.1, -0.05) is 37.1 Å². The van der Waals surface area contributed by atoms with Crippen LogP contribution in [-0.2, 0) is 4.79 Å². The van der Waals surface area contributed by atoms with E-state index in [2.05, 4.69) is 20.1 Å². The van der Waals surface area contributed by atoms with Crippen LogP contribution in [0.4, 0.5) is 0 Å². The molecule has 3 heterocycles. The van der Waals surface area contributed by atoms with Gasteiger partial charge in [-0.25, -0.2) is 0 Å². The fraction of sp³-hybridized carbons (Fsp3) is 0.458. The van der Waals surface area contributed by atoms with Crippen LogP contribution in [0.3, 0.4) is 0 Å². The molecule has 3 aromatic rings. The molecule has 0 bridgehead atoms. The fourth-order valence-corrected chi connectivity index (χ4v) is 5.26. The molecular weight excluding hydrogens is 440 g/mol. The molecule has 1 atom stereocenters. The standard InChI is InChI=1S/C24H28N4O4S/c1-16(17-9-10-19-21(14-17)32-13-12-31-19)25-22(29)15-33-24-27-26-23(20-8-5-11-30-20)28(24)18-6-3-2-4-7-18/h5,8-11,14,16,18H,2-4,6-7,12-13,15H2,1H3,(H,25,29). The number of nitrogens with zero attached hydrogens (tertiary/aromatic N) is 3. The summed E-state index contributed by atoms with van der Waals surface area (Å²) in [6.07, 6.45) is 7.47. The first-order valence-corrected chi connectivity index (χ1v) is 12.5. The lowest BCUT2D eigenvalue weighted by molar-refractivity contribution is -0.119. The van der Waals surface area contributed by atoms with Crippen LogP contribution in [0.1, 0.15) is 56.7 Å². The maximum atomic E-state index is 12.7. The number of carbonyl (C=O) groups is 1. The van der Waals surface area contributed by atoms with Crippen LogP contribution < -0.4 is 14.8 Å². The second-order valence-corrected chi connectivity index (χ2v) is 9.37. The van der Waals surface area contributed by atoms with Crippen LogP contribution in [-0.4, -0.2) is 39.6 Å². The second-order valence-electron chi connectivity index (χ2n) is 8.43. The monoisotopic (exact) mass is 468 g/mol. The van der Waals surface area contributed by atoms with E-state index < -0.39 is 0 Å². The molecule has 1 aliphatic heterocycles. The smallest absolute Gasteiger partial charge is 0.230 e. The van der Waals surface area contributed by atoms with Crippen molar-refractivity contribution in [2.75, 3.05) is 19.0 Å². The van der Waals surface area contributed by atoms with Crippen molar-refractivity contribution in [3.8, 4) is 23.1 Å². The summed E-state index contributed by atoms with van der Waals surface area (Å²) < 4.78 is 19.0. The molecule has 0 radical (unpaired) electrons. The van der Waals surface area contributed by atoms with Crippen molar-refractivity contribution in [1.82, 2.24) is 20.1 Å². The Labute approximate surface area is 197 Å². The molecule has 8 nitrogen and oxygen atoms in total. The van der Waals surface area contributed by atoms with E-state index >= 15 is 0 Å². The van der Waals surface area contributed by atoms with Gasteiger partial charge in [0.15, 0.2) is 22.4 Å². The summed E-state index contributed by atoms with van der Waals surface area (Å²) in [7, 11) is 0. The Bertz CT molecular complexity index is 1090. The summed E-state index contributed by atoms with van der Waals surface area (Å²) in [5, 5.41) is 12.6. The first-order valence-electron chi connectivity index (χ1n) is 11.5. The first-order chi connectivity index (χ1) is 16.2. The zero-order valence-corrected chi connectivity index (χ0v) is 19.5. The summed E-state index contributed by atoms with van der Waals surface area (Å²) >= 11 is 1.42. The van der Waals surface area contributed by atoms with Crippen LogP contribution in [0.15, 0.2) is 46.2 Å². The van der Waals surface area contributed by atoms with Crippen molar-refractivity contribution in [1.29, 1.82) is 0 Å². The average molecular weight is 469 g/mol. The highest BCUT2D eigenvalue weighted by Gasteiger charge is 2.25. The maximum Gasteiger partial charge on any atom is 0.230 e. The molecule has 1 amide bonds. The van der Waals surface area contributed by atoms with Gasteiger partial charge in [0.05, 0.1) is 18.1 Å². The lowest BCUT2D eigenvalue weighted by Crippen LogP contribution is -2.28. The third-order valence-electron chi connectivity index (χ3n) is 6.12. The highest BCUT2D eigenvalue weighted by Crippen LogP contribution is 2.36. The summed E-state index contributed by atoms with van der Waals surface area (Å²) in [4.78, 5) is 12.7. The Morgan fingerprint density at radius 3 is 2.76 bits per heavy atom. The first kappa shape index (κ1) is 21.9. The predicted octanol–water partition coefficient (Wildman–Crippen LogP) is 4.78. The number of fused-ring (bicyclic) bond motifs is 1. The lowest BCUT2D eigenvalue weighted by atomic mass is 9.95. The lowest BCUT2D eigenvalue weighted by Gasteiger charge is -2.25. The van der Waals surface area contributed by atoms with E-state index in [1.54, 1.807) is 6.26 Å². The zero-order chi connectivity index (χ0) is 22.6. The Morgan fingerprint density at radius 1 is 1.15 bits per heavy atom. The number of thioether (sulfide) groups is 1. The number of benzene rings is 1. The van der Waals surface area contributed by atoms with E-state index in [1.165, 1.54) is 31.0 Å². The van der Waals surface area contributed by atoms with E-state index in [1.807, 2.05) is 37.3 Å². The van der Waals surface area contributed by atoms with E-state index in [-0.39, 0.29) is 17.7 Å². The zero-order valence-electron chi connectivity index (χ0n) is 18.7. The number of nitrogens with one attached hydrogen (secondary N) is 1. The van der Waals surface area contributed by atoms with Gasteiger partial charge in [-0.3, -0.25) is 9.36 Å². The summed E-state index contributed by atoms with van der Waals surface area (Å²) in [5.41, 5.74) is 0.975. The van der Waals surface area contributed by atoms with Gasteiger partial charge in [-0.05, 0) is 49.6 Å². The molecule has 9 heteroatoms. The minimum absolute atomic E-state index is 0.0554. The van der Waals surface area contributed by atoms with Gasteiger partial charge in [-0.2, -0.15) is 0 Å². The molecule has 1 unspecified atom stereocenters. The molecule has 1 N–H and O–H groups in total. The fourth-order valence-electron chi connectivity index (χ4n) is 4.44. The second kappa shape index (κ2) is 9.91. The number of rotatable bonds is 7. The Kier molecular flexibility index (Phi) is 6.57. The molecule has 33 heavy (non-hydrogen) atoms. The van der Waals surface area contributed by atoms with Crippen LogP contribution in [0.2, 0.25) is 0 Å². The van der Waals surface area contributed by atoms with Gasteiger partial charge in [0.25, 0.3) is 0 Å². The highest BCUT2D eigenvalue weighted by atomic mass is 32.2. The van der Waals surface area contributed by atoms with Gasteiger partial charge in [0.2, 0.25) is 11.7 Å². The molecular formula is C24H28N4O4S. The molecule has 1 saturated carbocycles. The third kappa shape index (κ3) is 4.88. The van der Waals surface area contributed by atoms with Gasteiger partial charge in [0, 0.05) is 6.04 Å². The molecule has 1 aromatic carbocycles. The molecule has 5 rings (SSSR count). The molecule has 2 aliphatic rings. The highest BCUT2D eigenvalue weighted by molar-refractivity contribution is 7.99.